The van der Waals surface area contributed by atoms with Crippen molar-refractivity contribution >= 4 is 0 Å². The SMILES string of the molecule is COc1cc(C2CCCNC2)ccc1OCCN(C)C. The zero-order valence-corrected chi connectivity index (χ0v) is 12.8. The predicted molar refractivity (Wildman–Crippen MR) is 81.9 cm³/mol. The van der Waals surface area contributed by atoms with Gasteiger partial charge in [-0.3, -0.25) is 0 Å². The summed E-state index contributed by atoms with van der Waals surface area (Å²) in [5.74, 6) is 2.27. The van der Waals surface area contributed by atoms with Gasteiger partial charge in [-0.15, -0.1) is 0 Å². The summed E-state index contributed by atoms with van der Waals surface area (Å²) < 4.78 is 11.3. The highest BCUT2D eigenvalue weighted by Crippen LogP contribution is 2.32. The van der Waals surface area contributed by atoms with Gasteiger partial charge in [-0.25, -0.2) is 0 Å². The molecule has 20 heavy (non-hydrogen) atoms. The molecule has 1 unspecified atom stereocenters. The van der Waals surface area contributed by atoms with E-state index in [1.165, 1.54) is 18.4 Å². The Hall–Kier alpha value is -1.26. The largest absolute Gasteiger partial charge is 0.493 e. The number of piperidine rings is 1. The number of likely N-dealkylation sites (N-methyl/N-ethyl adjacent to an activating group) is 1. The number of methoxy groups -OCH3 is 1. The normalized spacial score (nSPS) is 19.1. The van der Waals surface area contributed by atoms with Crippen LogP contribution in [0.1, 0.15) is 24.3 Å². The summed E-state index contributed by atoms with van der Waals surface area (Å²) in [6, 6.07) is 6.34. The fourth-order valence-electron chi connectivity index (χ4n) is 2.53. The molecule has 2 rings (SSSR count). The quantitative estimate of drug-likeness (QED) is 0.864. The molecule has 1 fully saturated rings. The van der Waals surface area contributed by atoms with Gasteiger partial charge in [-0.2, -0.15) is 0 Å². The van der Waals surface area contributed by atoms with Crippen molar-refractivity contribution in [3.8, 4) is 11.5 Å². The number of hydrogen-bond acceptors (Lipinski definition) is 4. The monoisotopic (exact) mass is 278 g/mol. The van der Waals surface area contributed by atoms with Crippen molar-refractivity contribution in [3.05, 3.63) is 23.8 Å². The Kier molecular flexibility index (Phi) is 5.68. The van der Waals surface area contributed by atoms with Gasteiger partial charge in [0.05, 0.1) is 7.11 Å². The Labute approximate surface area is 122 Å². The van der Waals surface area contributed by atoms with E-state index in [2.05, 4.69) is 22.3 Å². The van der Waals surface area contributed by atoms with E-state index in [1.807, 2.05) is 20.2 Å². The molecule has 0 amide bonds. The van der Waals surface area contributed by atoms with Crippen LogP contribution < -0.4 is 14.8 Å². The highest BCUT2D eigenvalue weighted by atomic mass is 16.5. The molecule has 1 atom stereocenters. The number of rotatable bonds is 6. The first-order valence-electron chi connectivity index (χ1n) is 7.37. The highest BCUT2D eigenvalue weighted by Gasteiger charge is 2.17. The van der Waals surface area contributed by atoms with Crippen molar-refractivity contribution in [2.24, 2.45) is 0 Å². The Morgan fingerprint density at radius 1 is 1.30 bits per heavy atom. The van der Waals surface area contributed by atoms with Crippen molar-refractivity contribution in [2.75, 3.05) is 47.4 Å². The Morgan fingerprint density at radius 3 is 2.80 bits per heavy atom. The molecule has 1 aromatic rings. The van der Waals surface area contributed by atoms with Gasteiger partial charge in [0.25, 0.3) is 0 Å². The van der Waals surface area contributed by atoms with Crippen LogP contribution in [-0.4, -0.2) is 52.3 Å². The lowest BCUT2D eigenvalue weighted by Gasteiger charge is -2.24. The lowest BCUT2D eigenvalue weighted by molar-refractivity contribution is 0.250. The fourth-order valence-corrected chi connectivity index (χ4v) is 2.53. The zero-order chi connectivity index (χ0) is 14.4. The third-order valence-electron chi connectivity index (χ3n) is 3.75. The molecule has 1 aliphatic rings. The molecule has 0 aliphatic carbocycles. The van der Waals surface area contributed by atoms with E-state index in [1.54, 1.807) is 7.11 Å². The van der Waals surface area contributed by atoms with Crippen molar-refractivity contribution < 1.29 is 9.47 Å². The van der Waals surface area contributed by atoms with Crippen LogP contribution in [0.4, 0.5) is 0 Å². The Balaban J connectivity index is 2.02. The van der Waals surface area contributed by atoms with Crippen molar-refractivity contribution in [2.45, 2.75) is 18.8 Å². The van der Waals surface area contributed by atoms with Gasteiger partial charge in [-0.05, 0) is 57.1 Å². The number of nitrogens with zero attached hydrogens (tertiary/aromatic N) is 1. The Morgan fingerprint density at radius 2 is 2.15 bits per heavy atom. The van der Waals surface area contributed by atoms with E-state index in [4.69, 9.17) is 9.47 Å². The number of nitrogens with one attached hydrogen (secondary N) is 1. The minimum absolute atomic E-state index is 0.591. The van der Waals surface area contributed by atoms with E-state index >= 15 is 0 Å². The molecule has 0 aromatic heterocycles. The van der Waals surface area contributed by atoms with E-state index in [0.29, 0.717) is 12.5 Å². The number of benzene rings is 1. The standard InChI is InChI=1S/C16H26N2O2/c1-18(2)9-10-20-15-7-6-13(11-16(15)19-3)14-5-4-8-17-12-14/h6-7,11,14,17H,4-5,8-10,12H2,1-3H3. The van der Waals surface area contributed by atoms with Crippen LogP contribution in [0.25, 0.3) is 0 Å². The molecule has 1 heterocycles. The second-order valence-corrected chi connectivity index (χ2v) is 5.61. The van der Waals surface area contributed by atoms with Gasteiger partial charge < -0.3 is 19.7 Å². The summed E-state index contributed by atoms with van der Waals surface area (Å²) in [5, 5.41) is 3.45. The maximum atomic E-state index is 5.80. The molecule has 1 saturated heterocycles. The molecule has 1 aliphatic heterocycles. The van der Waals surface area contributed by atoms with E-state index < -0.39 is 0 Å². The van der Waals surface area contributed by atoms with E-state index in [-0.39, 0.29) is 0 Å². The molecule has 4 heteroatoms. The smallest absolute Gasteiger partial charge is 0.161 e. The van der Waals surface area contributed by atoms with Crippen LogP contribution in [0.15, 0.2) is 18.2 Å². The first kappa shape index (κ1) is 15.1. The van der Waals surface area contributed by atoms with Crippen LogP contribution in [-0.2, 0) is 0 Å². The van der Waals surface area contributed by atoms with Gasteiger partial charge in [0.1, 0.15) is 6.61 Å². The number of hydrogen-bond donors (Lipinski definition) is 1. The van der Waals surface area contributed by atoms with E-state index in [0.717, 1.165) is 31.1 Å². The zero-order valence-electron chi connectivity index (χ0n) is 12.8. The minimum atomic E-state index is 0.591. The minimum Gasteiger partial charge on any atom is -0.493 e. The predicted octanol–water partition coefficient (Wildman–Crippen LogP) is 2.10. The molecule has 1 aromatic carbocycles. The van der Waals surface area contributed by atoms with Crippen LogP contribution >= 0.6 is 0 Å². The summed E-state index contributed by atoms with van der Waals surface area (Å²) >= 11 is 0. The second-order valence-electron chi connectivity index (χ2n) is 5.61. The molecule has 0 radical (unpaired) electrons. The van der Waals surface area contributed by atoms with Gasteiger partial charge in [-0.1, -0.05) is 6.07 Å². The first-order valence-corrected chi connectivity index (χ1v) is 7.37. The van der Waals surface area contributed by atoms with Crippen molar-refractivity contribution in [3.63, 3.8) is 0 Å². The Bertz CT molecular complexity index is 415. The molecule has 112 valence electrons. The molecule has 0 saturated carbocycles. The van der Waals surface area contributed by atoms with Crippen LogP contribution in [0.2, 0.25) is 0 Å². The number of ether oxygens (including phenoxy) is 2. The van der Waals surface area contributed by atoms with Crippen LogP contribution in [0.5, 0.6) is 11.5 Å². The fraction of sp³-hybridized carbons (Fsp3) is 0.625. The highest BCUT2D eigenvalue weighted by molar-refractivity contribution is 5.44. The van der Waals surface area contributed by atoms with Gasteiger partial charge in [0.15, 0.2) is 11.5 Å². The lowest BCUT2D eigenvalue weighted by atomic mass is 9.91. The molecular weight excluding hydrogens is 252 g/mol. The van der Waals surface area contributed by atoms with Crippen LogP contribution in [0.3, 0.4) is 0 Å². The van der Waals surface area contributed by atoms with E-state index in [9.17, 15) is 0 Å². The summed E-state index contributed by atoms with van der Waals surface area (Å²) in [5.41, 5.74) is 1.34. The molecular formula is C16H26N2O2. The molecule has 1 N–H and O–H groups in total. The van der Waals surface area contributed by atoms with Gasteiger partial charge in [0, 0.05) is 13.1 Å². The maximum Gasteiger partial charge on any atom is 0.161 e. The summed E-state index contributed by atoms with van der Waals surface area (Å²) in [4.78, 5) is 2.11. The average Bonchev–Trinajstić information content (AvgIpc) is 2.48. The average molecular weight is 278 g/mol. The third-order valence-corrected chi connectivity index (χ3v) is 3.75. The summed E-state index contributed by atoms with van der Waals surface area (Å²) in [6.45, 7) is 3.77. The van der Waals surface area contributed by atoms with Crippen LogP contribution in [0, 0.1) is 0 Å². The second kappa shape index (κ2) is 7.50. The van der Waals surface area contributed by atoms with Gasteiger partial charge in [0.2, 0.25) is 0 Å². The van der Waals surface area contributed by atoms with Gasteiger partial charge >= 0.3 is 0 Å². The molecule has 0 spiro atoms. The summed E-state index contributed by atoms with van der Waals surface area (Å²) in [6.07, 6.45) is 2.49. The molecule has 4 nitrogen and oxygen atoms in total. The third kappa shape index (κ3) is 4.12. The maximum absolute atomic E-state index is 5.80. The topological polar surface area (TPSA) is 33.7 Å². The summed E-state index contributed by atoms with van der Waals surface area (Å²) in [7, 11) is 5.79. The molecule has 0 bridgehead atoms. The first-order chi connectivity index (χ1) is 9.70. The lowest BCUT2D eigenvalue weighted by Crippen LogP contribution is -2.28. The van der Waals surface area contributed by atoms with Crippen molar-refractivity contribution in [1.82, 2.24) is 10.2 Å². The van der Waals surface area contributed by atoms with Crippen molar-refractivity contribution in [1.29, 1.82) is 0 Å².